The molecular formula is C23H35NO3. The first-order valence-corrected chi connectivity index (χ1v) is 10.6. The fraction of sp³-hybridized carbons (Fsp3) is 0.696. The topological polar surface area (TPSA) is 38.8 Å². The standard InChI is InChI=1S/C23H35NO3/c1-22(2)19-23(12-17-27-22,20-10-5-3-6-11-20)18-21(25)26-16-9-15-24-13-7-4-8-14-24/h3,5-6,10-11H,4,7-9,12-19H2,1-2H3. The van der Waals surface area contributed by atoms with Gasteiger partial charge in [-0.3, -0.25) is 4.79 Å². The molecule has 0 radical (unpaired) electrons. The molecule has 2 fully saturated rings. The largest absolute Gasteiger partial charge is 0.466 e. The average molecular weight is 374 g/mol. The van der Waals surface area contributed by atoms with Gasteiger partial charge in [0.15, 0.2) is 0 Å². The third-order valence-corrected chi connectivity index (χ3v) is 6.04. The zero-order valence-corrected chi connectivity index (χ0v) is 17.0. The summed E-state index contributed by atoms with van der Waals surface area (Å²) in [6.45, 7) is 8.88. The van der Waals surface area contributed by atoms with Crippen molar-refractivity contribution in [3.8, 4) is 0 Å². The van der Waals surface area contributed by atoms with E-state index in [1.165, 1.54) is 37.9 Å². The quantitative estimate of drug-likeness (QED) is 0.527. The van der Waals surface area contributed by atoms with E-state index in [0.717, 1.165) is 25.8 Å². The van der Waals surface area contributed by atoms with Gasteiger partial charge in [0, 0.05) is 18.6 Å². The van der Waals surface area contributed by atoms with E-state index in [4.69, 9.17) is 9.47 Å². The lowest BCUT2D eigenvalue weighted by Crippen LogP contribution is -2.45. The SMILES string of the molecule is CC1(C)CC(CC(=O)OCCCN2CCCCC2)(c2ccccc2)CCO1. The molecule has 0 N–H and O–H groups in total. The molecule has 27 heavy (non-hydrogen) atoms. The summed E-state index contributed by atoms with van der Waals surface area (Å²) in [4.78, 5) is 15.2. The highest BCUT2D eigenvalue weighted by atomic mass is 16.5. The van der Waals surface area contributed by atoms with Gasteiger partial charge in [0.25, 0.3) is 0 Å². The first-order chi connectivity index (χ1) is 13.0. The van der Waals surface area contributed by atoms with Crippen molar-refractivity contribution in [2.24, 2.45) is 0 Å². The van der Waals surface area contributed by atoms with Crippen LogP contribution in [0.25, 0.3) is 0 Å². The number of hydrogen-bond donors (Lipinski definition) is 0. The Balaban J connectivity index is 1.55. The monoisotopic (exact) mass is 373 g/mol. The van der Waals surface area contributed by atoms with Crippen molar-refractivity contribution in [1.82, 2.24) is 4.90 Å². The van der Waals surface area contributed by atoms with E-state index < -0.39 is 0 Å². The minimum atomic E-state index is -0.220. The van der Waals surface area contributed by atoms with E-state index in [1.54, 1.807) is 0 Å². The highest BCUT2D eigenvalue weighted by Crippen LogP contribution is 2.44. The van der Waals surface area contributed by atoms with Crippen molar-refractivity contribution >= 4 is 5.97 Å². The molecule has 2 heterocycles. The molecule has 0 bridgehead atoms. The van der Waals surface area contributed by atoms with Crippen LogP contribution >= 0.6 is 0 Å². The summed E-state index contributed by atoms with van der Waals surface area (Å²) in [5, 5.41) is 0. The highest BCUT2D eigenvalue weighted by Gasteiger charge is 2.43. The summed E-state index contributed by atoms with van der Waals surface area (Å²) in [6, 6.07) is 10.4. The molecule has 0 aliphatic carbocycles. The Hall–Kier alpha value is -1.39. The van der Waals surface area contributed by atoms with Gasteiger partial charge in [0.2, 0.25) is 0 Å². The van der Waals surface area contributed by atoms with Gasteiger partial charge in [-0.05, 0) is 64.6 Å². The second-order valence-electron chi connectivity index (χ2n) is 8.83. The predicted molar refractivity (Wildman–Crippen MR) is 108 cm³/mol. The molecule has 150 valence electrons. The third kappa shape index (κ3) is 5.79. The lowest BCUT2D eigenvalue weighted by molar-refractivity contribution is -0.148. The minimum Gasteiger partial charge on any atom is -0.466 e. The molecule has 1 aromatic rings. The van der Waals surface area contributed by atoms with Crippen LogP contribution in [-0.2, 0) is 19.7 Å². The Labute approximate surface area is 164 Å². The summed E-state index contributed by atoms with van der Waals surface area (Å²) in [7, 11) is 0. The molecular weight excluding hydrogens is 338 g/mol. The predicted octanol–water partition coefficient (Wildman–Crippen LogP) is 4.32. The number of nitrogens with zero attached hydrogens (tertiary/aromatic N) is 1. The van der Waals surface area contributed by atoms with Crippen molar-refractivity contribution in [3.63, 3.8) is 0 Å². The summed E-state index contributed by atoms with van der Waals surface area (Å²) < 4.78 is 11.6. The third-order valence-electron chi connectivity index (χ3n) is 6.04. The molecule has 4 nitrogen and oxygen atoms in total. The van der Waals surface area contributed by atoms with Crippen molar-refractivity contribution in [3.05, 3.63) is 35.9 Å². The first-order valence-electron chi connectivity index (χ1n) is 10.6. The van der Waals surface area contributed by atoms with Crippen LogP contribution in [0, 0.1) is 0 Å². The van der Waals surface area contributed by atoms with Gasteiger partial charge < -0.3 is 14.4 Å². The number of piperidine rings is 1. The van der Waals surface area contributed by atoms with Gasteiger partial charge in [-0.25, -0.2) is 0 Å². The Kier molecular flexibility index (Phi) is 6.93. The van der Waals surface area contributed by atoms with Crippen LogP contribution in [0.2, 0.25) is 0 Å². The lowest BCUT2D eigenvalue weighted by Gasteiger charge is -2.45. The Morgan fingerprint density at radius 3 is 2.59 bits per heavy atom. The van der Waals surface area contributed by atoms with E-state index in [-0.39, 0.29) is 17.0 Å². The molecule has 0 amide bonds. The molecule has 1 unspecified atom stereocenters. The molecule has 1 atom stereocenters. The van der Waals surface area contributed by atoms with Crippen LogP contribution < -0.4 is 0 Å². The van der Waals surface area contributed by atoms with E-state index in [0.29, 0.717) is 19.6 Å². The number of hydrogen-bond acceptors (Lipinski definition) is 4. The molecule has 2 aliphatic rings. The minimum absolute atomic E-state index is 0.0739. The zero-order chi connectivity index (χ0) is 19.2. The smallest absolute Gasteiger partial charge is 0.306 e. The van der Waals surface area contributed by atoms with Crippen LogP contribution in [-0.4, -0.2) is 49.3 Å². The second-order valence-corrected chi connectivity index (χ2v) is 8.83. The van der Waals surface area contributed by atoms with Crippen molar-refractivity contribution in [2.45, 2.75) is 69.8 Å². The molecule has 3 rings (SSSR count). The highest BCUT2D eigenvalue weighted by molar-refractivity contribution is 5.71. The molecule has 2 aliphatic heterocycles. The second kappa shape index (κ2) is 9.20. The number of esters is 1. The van der Waals surface area contributed by atoms with E-state index >= 15 is 0 Å². The Bertz CT molecular complexity index is 595. The maximum Gasteiger partial charge on any atom is 0.306 e. The summed E-state index contributed by atoms with van der Waals surface area (Å²) >= 11 is 0. The summed E-state index contributed by atoms with van der Waals surface area (Å²) in [5.74, 6) is -0.0739. The van der Waals surface area contributed by atoms with E-state index in [9.17, 15) is 4.79 Å². The normalized spacial score (nSPS) is 25.9. The summed E-state index contributed by atoms with van der Waals surface area (Å²) in [6.07, 6.45) is 7.03. The van der Waals surface area contributed by atoms with E-state index in [2.05, 4.69) is 43.0 Å². The molecule has 0 spiro atoms. The van der Waals surface area contributed by atoms with Crippen LogP contribution in [0.15, 0.2) is 30.3 Å². The molecule has 2 saturated heterocycles. The maximum atomic E-state index is 12.7. The fourth-order valence-electron chi connectivity index (χ4n) is 4.75. The Morgan fingerprint density at radius 2 is 1.89 bits per heavy atom. The van der Waals surface area contributed by atoms with Gasteiger partial charge in [-0.1, -0.05) is 36.8 Å². The Morgan fingerprint density at radius 1 is 1.15 bits per heavy atom. The van der Waals surface area contributed by atoms with Crippen LogP contribution in [0.1, 0.15) is 64.4 Å². The zero-order valence-electron chi connectivity index (χ0n) is 17.0. The van der Waals surface area contributed by atoms with Crippen molar-refractivity contribution in [1.29, 1.82) is 0 Å². The molecule has 1 aromatic carbocycles. The number of benzene rings is 1. The molecule has 0 saturated carbocycles. The van der Waals surface area contributed by atoms with Gasteiger partial charge in [-0.15, -0.1) is 0 Å². The number of carbonyl (C=O) groups is 1. The van der Waals surface area contributed by atoms with Gasteiger partial charge in [0.05, 0.1) is 18.6 Å². The summed E-state index contributed by atoms with van der Waals surface area (Å²) in [5.41, 5.74) is 0.821. The van der Waals surface area contributed by atoms with E-state index in [1.807, 2.05) is 6.07 Å². The number of ether oxygens (including phenoxy) is 2. The fourth-order valence-corrected chi connectivity index (χ4v) is 4.75. The lowest BCUT2D eigenvalue weighted by atomic mass is 9.67. The van der Waals surface area contributed by atoms with Crippen molar-refractivity contribution < 1.29 is 14.3 Å². The molecule has 0 aromatic heterocycles. The van der Waals surface area contributed by atoms with Crippen LogP contribution in [0.3, 0.4) is 0 Å². The van der Waals surface area contributed by atoms with Gasteiger partial charge >= 0.3 is 5.97 Å². The van der Waals surface area contributed by atoms with Gasteiger partial charge in [-0.2, -0.15) is 0 Å². The van der Waals surface area contributed by atoms with Crippen molar-refractivity contribution in [2.75, 3.05) is 32.8 Å². The average Bonchev–Trinajstić information content (AvgIpc) is 2.66. The number of carbonyl (C=O) groups excluding carboxylic acids is 1. The van der Waals surface area contributed by atoms with Gasteiger partial charge in [0.1, 0.15) is 0 Å². The number of rotatable bonds is 7. The van der Waals surface area contributed by atoms with Crippen LogP contribution in [0.5, 0.6) is 0 Å². The van der Waals surface area contributed by atoms with Crippen LogP contribution in [0.4, 0.5) is 0 Å². The maximum absolute atomic E-state index is 12.7. The first kappa shape index (κ1) is 20.3. The number of likely N-dealkylation sites (tertiary alicyclic amines) is 1. The molecule has 4 heteroatoms.